The molecule has 1 N–H and O–H groups in total. The van der Waals surface area contributed by atoms with Crippen molar-refractivity contribution in [1.82, 2.24) is 4.98 Å². The first-order valence-corrected chi connectivity index (χ1v) is 6.19. The van der Waals surface area contributed by atoms with Crippen LogP contribution in [0.1, 0.15) is 37.7 Å². The quantitative estimate of drug-likeness (QED) is 0.645. The van der Waals surface area contributed by atoms with Gasteiger partial charge in [0.05, 0.1) is 0 Å². The van der Waals surface area contributed by atoms with Crippen molar-refractivity contribution in [2.75, 3.05) is 18.8 Å². The standard InChI is InChI=1S/C12H18N3O3/c1-8-6-9(4-3-5-18-2)15(17)12-10(8)7-11(13-12)14-16/h7-9,13H,3-6H2,1-2H3/q-1. The summed E-state index contributed by atoms with van der Waals surface area (Å²) in [5.41, 5.74) is 0.891. The van der Waals surface area contributed by atoms with Crippen LogP contribution in [-0.4, -0.2) is 24.7 Å². The van der Waals surface area contributed by atoms with E-state index in [-0.39, 0.29) is 17.8 Å². The Morgan fingerprint density at radius 2 is 2.44 bits per heavy atom. The predicted octanol–water partition coefficient (Wildman–Crippen LogP) is 3.02. The van der Waals surface area contributed by atoms with E-state index in [1.165, 1.54) is 0 Å². The van der Waals surface area contributed by atoms with E-state index >= 15 is 0 Å². The third kappa shape index (κ3) is 2.39. The molecule has 0 fully saturated rings. The molecule has 6 nitrogen and oxygen atoms in total. The molecule has 0 saturated carbocycles. The van der Waals surface area contributed by atoms with Crippen molar-refractivity contribution in [2.24, 2.45) is 5.18 Å². The maximum atomic E-state index is 12.2. The van der Waals surface area contributed by atoms with Crippen LogP contribution in [0.4, 0.5) is 11.6 Å². The van der Waals surface area contributed by atoms with Gasteiger partial charge in [-0.15, -0.1) is 4.91 Å². The highest BCUT2D eigenvalue weighted by Gasteiger charge is 2.27. The van der Waals surface area contributed by atoms with Crippen LogP contribution in [0.2, 0.25) is 0 Å². The molecule has 18 heavy (non-hydrogen) atoms. The molecule has 0 bridgehead atoms. The summed E-state index contributed by atoms with van der Waals surface area (Å²) >= 11 is 0. The molecule has 0 aromatic carbocycles. The Morgan fingerprint density at radius 3 is 3.11 bits per heavy atom. The molecule has 1 aromatic heterocycles. The Hall–Kier alpha value is -1.40. The fraction of sp³-hybridized carbons (Fsp3) is 0.667. The molecule has 1 aliphatic rings. The van der Waals surface area contributed by atoms with Crippen LogP contribution in [0.3, 0.4) is 0 Å². The number of nitroso groups, excluding NO2 is 1. The van der Waals surface area contributed by atoms with E-state index in [0.717, 1.165) is 29.9 Å². The maximum absolute atomic E-state index is 12.2. The van der Waals surface area contributed by atoms with Crippen LogP contribution in [0, 0.1) is 10.1 Å². The lowest BCUT2D eigenvalue weighted by Gasteiger charge is -2.44. The van der Waals surface area contributed by atoms with Crippen LogP contribution in [0.5, 0.6) is 0 Å². The van der Waals surface area contributed by atoms with Crippen molar-refractivity contribution < 1.29 is 4.74 Å². The first-order valence-electron chi connectivity index (χ1n) is 6.19. The number of anilines is 1. The first kappa shape index (κ1) is 13.0. The normalized spacial score (nSPS) is 22.9. The fourth-order valence-corrected chi connectivity index (χ4v) is 2.56. The van der Waals surface area contributed by atoms with E-state index in [0.29, 0.717) is 12.4 Å². The topological polar surface area (TPSA) is 80.8 Å². The zero-order valence-corrected chi connectivity index (χ0v) is 10.7. The van der Waals surface area contributed by atoms with Crippen molar-refractivity contribution in [3.63, 3.8) is 0 Å². The Morgan fingerprint density at radius 1 is 1.67 bits per heavy atom. The van der Waals surface area contributed by atoms with Gasteiger partial charge in [0.25, 0.3) is 0 Å². The van der Waals surface area contributed by atoms with Gasteiger partial charge in [-0.2, -0.15) is 0 Å². The van der Waals surface area contributed by atoms with Crippen molar-refractivity contribution in [2.45, 2.75) is 38.1 Å². The fourth-order valence-electron chi connectivity index (χ4n) is 2.56. The van der Waals surface area contributed by atoms with Gasteiger partial charge >= 0.3 is 0 Å². The molecule has 2 rings (SSSR count). The third-order valence-electron chi connectivity index (χ3n) is 3.50. The summed E-state index contributed by atoms with van der Waals surface area (Å²) in [4.78, 5) is 13.3. The lowest BCUT2D eigenvalue weighted by molar-refractivity contribution is 0.189. The molecule has 2 unspecified atom stereocenters. The summed E-state index contributed by atoms with van der Waals surface area (Å²) in [5.74, 6) is 0.987. The molecule has 1 aromatic rings. The summed E-state index contributed by atoms with van der Waals surface area (Å²) in [7, 11) is 1.66. The summed E-state index contributed by atoms with van der Waals surface area (Å²) in [6.45, 7) is 2.73. The SMILES string of the molecule is COCCCC1CC(C)c2cc(N=O)[nH]c2N1[O-]. The summed E-state index contributed by atoms with van der Waals surface area (Å²) in [6.07, 6.45) is 2.46. The second-order valence-electron chi connectivity index (χ2n) is 4.80. The molecular weight excluding hydrogens is 234 g/mol. The maximum Gasteiger partial charge on any atom is 0.176 e. The van der Waals surface area contributed by atoms with Crippen LogP contribution in [0.25, 0.3) is 0 Å². The number of hydroxylamine groups is 1. The van der Waals surface area contributed by atoms with Gasteiger partial charge in [0, 0.05) is 19.8 Å². The van der Waals surface area contributed by atoms with Crippen LogP contribution in [-0.2, 0) is 4.74 Å². The van der Waals surface area contributed by atoms with Gasteiger partial charge in [-0.1, -0.05) is 6.92 Å². The minimum atomic E-state index is -0.0548. The van der Waals surface area contributed by atoms with Crippen molar-refractivity contribution in [1.29, 1.82) is 0 Å². The number of rotatable bonds is 5. The smallest absolute Gasteiger partial charge is 0.176 e. The number of aromatic nitrogens is 1. The van der Waals surface area contributed by atoms with Crippen molar-refractivity contribution in [3.8, 4) is 0 Å². The molecule has 0 aliphatic carbocycles. The second-order valence-corrected chi connectivity index (χ2v) is 4.80. The van der Waals surface area contributed by atoms with E-state index in [1.54, 1.807) is 13.2 Å². The van der Waals surface area contributed by atoms with E-state index in [2.05, 4.69) is 17.1 Å². The molecule has 2 atom stereocenters. The zero-order valence-electron chi connectivity index (χ0n) is 10.7. The number of nitrogens with zero attached hydrogens (tertiary/aromatic N) is 2. The number of fused-ring (bicyclic) bond motifs is 1. The Bertz CT molecular complexity index is 419. The molecule has 2 heterocycles. The van der Waals surface area contributed by atoms with Gasteiger partial charge in [-0.05, 0) is 42.0 Å². The molecular formula is C12H18N3O3-. The number of H-pyrrole nitrogens is 1. The molecule has 6 heteroatoms. The average molecular weight is 252 g/mol. The molecule has 0 radical (unpaired) electrons. The summed E-state index contributed by atoms with van der Waals surface area (Å²) < 4.78 is 5.00. The largest absolute Gasteiger partial charge is 0.757 e. The lowest BCUT2D eigenvalue weighted by atomic mass is 9.89. The molecule has 0 saturated heterocycles. The Kier molecular flexibility index (Phi) is 3.98. The highest BCUT2D eigenvalue weighted by Crippen LogP contribution is 2.40. The molecule has 1 aliphatic heterocycles. The van der Waals surface area contributed by atoms with Gasteiger partial charge in [0.2, 0.25) is 0 Å². The number of nitrogens with one attached hydrogen (secondary N) is 1. The highest BCUT2D eigenvalue weighted by molar-refractivity contribution is 5.59. The average Bonchev–Trinajstić information content (AvgIpc) is 2.80. The number of hydrogen-bond donors (Lipinski definition) is 1. The Labute approximate surface area is 106 Å². The number of hydrogen-bond acceptors (Lipinski definition) is 5. The van der Waals surface area contributed by atoms with Crippen LogP contribution in [0.15, 0.2) is 11.2 Å². The minimum Gasteiger partial charge on any atom is -0.757 e. The second kappa shape index (κ2) is 5.49. The summed E-state index contributed by atoms with van der Waals surface area (Å²) in [5, 5.41) is 16.0. The molecule has 0 spiro atoms. The van der Waals surface area contributed by atoms with E-state index in [4.69, 9.17) is 4.74 Å². The third-order valence-corrected chi connectivity index (χ3v) is 3.50. The van der Waals surface area contributed by atoms with E-state index in [9.17, 15) is 10.1 Å². The number of ether oxygens (including phenoxy) is 1. The zero-order chi connectivity index (χ0) is 13.1. The monoisotopic (exact) mass is 252 g/mol. The van der Waals surface area contributed by atoms with Gasteiger partial charge in [-0.3, -0.25) is 0 Å². The lowest BCUT2D eigenvalue weighted by Crippen LogP contribution is -2.36. The Balaban J connectivity index is 2.13. The minimum absolute atomic E-state index is 0.0548. The number of aromatic amines is 1. The van der Waals surface area contributed by atoms with E-state index < -0.39 is 0 Å². The predicted molar refractivity (Wildman–Crippen MR) is 70.0 cm³/mol. The highest BCUT2D eigenvalue weighted by atomic mass is 16.5. The number of methoxy groups -OCH3 is 1. The van der Waals surface area contributed by atoms with Crippen molar-refractivity contribution >= 4 is 11.6 Å². The van der Waals surface area contributed by atoms with E-state index in [1.807, 2.05) is 0 Å². The van der Waals surface area contributed by atoms with Gasteiger partial charge in [-0.25, -0.2) is 0 Å². The first-order chi connectivity index (χ1) is 8.67. The summed E-state index contributed by atoms with van der Waals surface area (Å²) in [6, 6.07) is 1.62. The van der Waals surface area contributed by atoms with Gasteiger partial charge < -0.3 is 20.0 Å². The van der Waals surface area contributed by atoms with Crippen molar-refractivity contribution in [3.05, 3.63) is 21.7 Å². The van der Waals surface area contributed by atoms with Crippen LogP contribution >= 0.6 is 0 Å². The molecule has 0 amide bonds. The van der Waals surface area contributed by atoms with Gasteiger partial charge in [0.15, 0.2) is 5.82 Å². The molecule has 100 valence electrons. The van der Waals surface area contributed by atoms with Gasteiger partial charge in [0.1, 0.15) is 5.82 Å². The van der Waals surface area contributed by atoms with Crippen LogP contribution < -0.4 is 5.06 Å².